The zero-order valence-corrected chi connectivity index (χ0v) is 19.3. The van der Waals surface area contributed by atoms with E-state index in [9.17, 15) is 0 Å². The lowest BCUT2D eigenvalue weighted by atomic mass is 9.55. The van der Waals surface area contributed by atoms with Gasteiger partial charge in [-0.05, 0) is 78.7 Å². The summed E-state index contributed by atoms with van der Waals surface area (Å²) < 4.78 is 24.6. The van der Waals surface area contributed by atoms with Crippen molar-refractivity contribution >= 4 is 0 Å². The maximum atomic E-state index is 6.28. The molecule has 0 N–H and O–H groups in total. The second kappa shape index (κ2) is 7.78. The van der Waals surface area contributed by atoms with Crippen LogP contribution in [0.25, 0.3) is 0 Å². The van der Waals surface area contributed by atoms with Crippen LogP contribution in [0.3, 0.4) is 0 Å². The van der Waals surface area contributed by atoms with E-state index in [1.807, 2.05) is 6.07 Å². The van der Waals surface area contributed by atoms with Gasteiger partial charge < -0.3 is 18.9 Å². The Balaban J connectivity index is 1.27. The molecule has 0 aromatic heterocycles. The standard InChI is InChI=1S/C28H34O4/c1-27-12-10-21-22(24(27)11-13-28(27)31-14-15-32-28)9-8-20-16-26(25(29-2)17-23(20)21)30-18-19-6-4-3-5-7-19/h3-7,16-17,21-22,24H,8-15,18H2,1-2H3/t21-,22+,24-,27-/m0/s1. The molecule has 3 fully saturated rings. The smallest absolute Gasteiger partial charge is 0.174 e. The third-order valence-electron chi connectivity index (χ3n) is 9.04. The first-order chi connectivity index (χ1) is 15.6. The van der Waals surface area contributed by atoms with Crippen molar-refractivity contribution in [1.82, 2.24) is 0 Å². The number of aryl methyl sites for hydroxylation is 1. The van der Waals surface area contributed by atoms with E-state index in [0.717, 1.165) is 37.6 Å². The van der Waals surface area contributed by atoms with Crippen molar-refractivity contribution in [2.24, 2.45) is 17.3 Å². The van der Waals surface area contributed by atoms with E-state index in [-0.39, 0.29) is 11.2 Å². The molecule has 1 aliphatic heterocycles. The number of benzene rings is 2. The van der Waals surface area contributed by atoms with Gasteiger partial charge in [-0.2, -0.15) is 0 Å². The Bertz CT molecular complexity index is 980. The minimum atomic E-state index is -0.324. The number of rotatable bonds is 4. The van der Waals surface area contributed by atoms with Gasteiger partial charge in [0.05, 0.1) is 20.3 Å². The highest BCUT2D eigenvalue weighted by Crippen LogP contribution is 2.66. The average molecular weight is 435 g/mol. The lowest BCUT2D eigenvalue weighted by Gasteiger charge is -2.52. The van der Waals surface area contributed by atoms with Gasteiger partial charge in [0.25, 0.3) is 0 Å². The Morgan fingerprint density at radius 1 is 0.969 bits per heavy atom. The second-order valence-corrected chi connectivity index (χ2v) is 10.3. The van der Waals surface area contributed by atoms with Crippen molar-refractivity contribution < 1.29 is 18.9 Å². The van der Waals surface area contributed by atoms with Gasteiger partial charge in [0, 0.05) is 11.8 Å². The van der Waals surface area contributed by atoms with Crippen LogP contribution < -0.4 is 9.47 Å². The molecule has 6 rings (SSSR count). The minimum Gasteiger partial charge on any atom is -0.493 e. The van der Waals surface area contributed by atoms with Crippen LogP contribution in [0, 0.1) is 17.3 Å². The van der Waals surface area contributed by atoms with Gasteiger partial charge in [-0.15, -0.1) is 0 Å². The van der Waals surface area contributed by atoms with Crippen LogP contribution in [0.4, 0.5) is 0 Å². The van der Waals surface area contributed by atoms with Crippen LogP contribution in [0.2, 0.25) is 0 Å². The summed E-state index contributed by atoms with van der Waals surface area (Å²) in [6, 6.07) is 14.9. The van der Waals surface area contributed by atoms with Crippen LogP contribution in [-0.4, -0.2) is 26.1 Å². The van der Waals surface area contributed by atoms with Crippen molar-refractivity contribution in [2.75, 3.05) is 20.3 Å². The molecule has 170 valence electrons. The molecular formula is C28H34O4. The number of methoxy groups -OCH3 is 1. The van der Waals surface area contributed by atoms with Crippen LogP contribution in [0.15, 0.2) is 42.5 Å². The molecular weight excluding hydrogens is 400 g/mol. The predicted octanol–water partition coefficient (Wildman–Crippen LogP) is 5.87. The summed E-state index contributed by atoms with van der Waals surface area (Å²) >= 11 is 0. The van der Waals surface area contributed by atoms with Crippen LogP contribution in [-0.2, 0) is 22.5 Å². The van der Waals surface area contributed by atoms with E-state index in [2.05, 4.69) is 43.3 Å². The van der Waals surface area contributed by atoms with Crippen LogP contribution >= 0.6 is 0 Å². The third-order valence-corrected chi connectivity index (χ3v) is 9.04. The second-order valence-electron chi connectivity index (χ2n) is 10.3. The molecule has 1 spiro atoms. The van der Waals surface area contributed by atoms with Gasteiger partial charge in [-0.25, -0.2) is 0 Å². The van der Waals surface area contributed by atoms with Crippen LogP contribution in [0.1, 0.15) is 61.6 Å². The Morgan fingerprint density at radius 3 is 2.56 bits per heavy atom. The van der Waals surface area contributed by atoms with E-state index >= 15 is 0 Å². The average Bonchev–Trinajstić information content (AvgIpc) is 3.43. The van der Waals surface area contributed by atoms with Gasteiger partial charge in [-0.1, -0.05) is 37.3 Å². The fourth-order valence-electron chi connectivity index (χ4n) is 7.47. The Kier molecular flexibility index (Phi) is 5.00. The Hall–Kier alpha value is -2.04. The summed E-state index contributed by atoms with van der Waals surface area (Å²) in [6.07, 6.45) is 7.02. The van der Waals surface area contributed by atoms with Crippen molar-refractivity contribution in [3.05, 3.63) is 59.2 Å². The molecule has 2 aromatic rings. The van der Waals surface area contributed by atoms with Crippen molar-refractivity contribution in [3.63, 3.8) is 0 Å². The van der Waals surface area contributed by atoms with Crippen molar-refractivity contribution in [2.45, 2.75) is 63.8 Å². The fraction of sp³-hybridized carbons (Fsp3) is 0.571. The van der Waals surface area contributed by atoms with E-state index in [0.29, 0.717) is 24.4 Å². The molecule has 0 unspecified atom stereocenters. The number of fused-ring (bicyclic) bond motifs is 6. The molecule has 32 heavy (non-hydrogen) atoms. The molecule has 4 atom stereocenters. The van der Waals surface area contributed by atoms with Crippen molar-refractivity contribution in [3.8, 4) is 11.5 Å². The van der Waals surface area contributed by atoms with Crippen molar-refractivity contribution in [1.29, 1.82) is 0 Å². The first-order valence-electron chi connectivity index (χ1n) is 12.3. The molecule has 4 heteroatoms. The van der Waals surface area contributed by atoms with E-state index in [1.54, 1.807) is 7.11 Å². The molecule has 2 saturated carbocycles. The highest BCUT2D eigenvalue weighted by molar-refractivity contribution is 5.50. The minimum absolute atomic E-state index is 0.144. The van der Waals surface area contributed by atoms with Gasteiger partial charge in [0.1, 0.15) is 6.61 Å². The topological polar surface area (TPSA) is 36.9 Å². The van der Waals surface area contributed by atoms with Gasteiger partial charge in [-0.3, -0.25) is 0 Å². The Morgan fingerprint density at radius 2 is 1.78 bits per heavy atom. The van der Waals surface area contributed by atoms with Gasteiger partial charge in [0.15, 0.2) is 17.3 Å². The largest absolute Gasteiger partial charge is 0.493 e. The molecule has 1 heterocycles. The fourth-order valence-corrected chi connectivity index (χ4v) is 7.47. The first-order valence-corrected chi connectivity index (χ1v) is 12.3. The molecule has 1 saturated heterocycles. The maximum absolute atomic E-state index is 6.28. The zero-order valence-electron chi connectivity index (χ0n) is 19.3. The molecule has 3 aliphatic carbocycles. The number of hydrogen-bond donors (Lipinski definition) is 0. The summed E-state index contributed by atoms with van der Waals surface area (Å²) in [4.78, 5) is 0. The summed E-state index contributed by atoms with van der Waals surface area (Å²) in [5.74, 6) is 3.38. The monoisotopic (exact) mass is 434 g/mol. The quantitative estimate of drug-likeness (QED) is 0.603. The maximum Gasteiger partial charge on any atom is 0.174 e. The summed E-state index contributed by atoms with van der Waals surface area (Å²) in [5.41, 5.74) is 4.25. The molecule has 0 radical (unpaired) electrons. The van der Waals surface area contributed by atoms with E-state index < -0.39 is 0 Å². The molecule has 2 aromatic carbocycles. The lowest BCUT2D eigenvalue weighted by Crippen LogP contribution is -2.51. The lowest BCUT2D eigenvalue weighted by molar-refractivity contribution is -0.237. The van der Waals surface area contributed by atoms with Gasteiger partial charge >= 0.3 is 0 Å². The third kappa shape index (κ3) is 3.03. The molecule has 4 aliphatic rings. The summed E-state index contributed by atoms with van der Waals surface area (Å²) in [5, 5.41) is 0. The number of ether oxygens (including phenoxy) is 4. The summed E-state index contributed by atoms with van der Waals surface area (Å²) in [7, 11) is 1.75. The zero-order chi connectivity index (χ0) is 21.8. The molecule has 4 nitrogen and oxygen atoms in total. The highest BCUT2D eigenvalue weighted by Gasteiger charge is 2.65. The highest BCUT2D eigenvalue weighted by atomic mass is 16.7. The van der Waals surface area contributed by atoms with Gasteiger partial charge in [0.2, 0.25) is 0 Å². The normalized spacial score (nSPS) is 32.2. The summed E-state index contributed by atoms with van der Waals surface area (Å²) in [6.45, 7) is 4.51. The van der Waals surface area contributed by atoms with E-state index in [4.69, 9.17) is 18.9 Å². The van der Waals surface area contributed by atoms with E-state index in [1.165, 1.54) is 42.4 Å². The van der Waals surface area contributed by atoms with Crippen LogP contribution in [0.5, 0.6) is 11.5 Å². The number of hydrogen-bond acceptors (Lipinski definition) is 4. The predicted molar refractivity (Wildman–Crippen MR) is 123 cm³/mol. The molecule has 0 bridgehead atoms. The SMILES string of the molecule is COc1cc2c(cc1OCc1ccccc1)CC[C@@H]1[C@@H]2CC[C@@]2(C)[C@H]1CCC21OCCO1. The Labute approximate surface area is 191 Å². The molecule has 0 amide bonds. The first kappa shape index (κ1) is 20.6.